The van der Waals surface area contributed by atoms with Gasteiger partial charge >= 0.3 is 21.2 Å². The van der Waals surface area contributed by atoms with E-state index in [0.29, 0.717) is 39.0 Å². The Kier molecular flexibility index (Phi) is 16.8. The fourth-order valence-electron chi connectivity index (χ4n) is 5.72. The molecule has 0 amide bonds. The monoisotopic (exact) mass is 727 g/mol. The number of aryl methyl sites for hydroxylation is 2. The Bertz CT molecular complexity index is 1480. The average molecular weight is 728 g/mol. The summed E-state index contributed by atoms with van der Waals surface area (Å²) in [5.41, 5.74) is 2.52. The van der Waals surface area contributed by atoms with Crippen molar-refractivity contribution in [1.29, 1.82) is 0 Å². The molecule has 0 radical (unpaired) electrons. The third kappa shape index (κ3) is 13.1. The van der Waals surface area contributed by atoms with Crippen molar-refractivity contribution in [3.8, 4) is 0 Å². The zero-order valence-corrected chi connectivity index (χ0v) is 30.4. The molecule has 0 N–H and O–H groups in total. The predicted octanol–water partition coefficient (Wildman–Crippen LogP) is 5.10. The molecule has 48 heavy (non-hydrogen) atoms. The Morgan fingerprint density at radius 1 is 0.688 bits per heavy atom. The van der Waals surface area contributed by atoms with E-state index >= 15 is 0 Å². The minimum atomic E-state index is -3.89. The number of halogens is 1. The lowest BCUT2D eigenvalue weighted by Gasteiger charge is -2.34. The Hall–Kier alpha value is -2.55. The zero-order valence-electron chi connectivity index (χ0n) is 28.0. The number of esters is 2. The number of carbonyl (C=O) groups is 2. The van der Waals surface area contributed by atoms with Gasteiger partial charge in [0, 0.05) is 37.9 Å². The zero-order chi connectivity index (χ0) is 35.0. The van der Waals surface area contributed by atoms with Gasteiger partial charge in [0.25, 0.3) is 10.2 Å². The second-order valence-corrected chi connectivity index (χ2v) is 16.8. The van der Waals surface area contributed by atoms with Crippen LogP contribution in [-0.2, 0) is 51.4 Å². The maximum absolute atomic E-state index is 12.4. The number of rotatable bonds is 15. The fraction of sp³-hybridized carbons (Fsp3) is 0.588. The predicted molar refractivity (Wildman–Crippen MR) is 187 cm³/mol. The molecular formula is C34H50ClN3O8S2. The van der Waals surface area contributed by atoms with Crippen molar-refractivity contribution in [2.45, 2.75) is 89.1 Å². The molecule has 2 aliphatic heterocycles. The molecule has 2 atom stereocenters. The average Bonchev–Trinajstić information content (AvgIpc) is 3.08. The maximum atomic E-state index is 12.4. The standard InChI is InChI=1S/C18H28N2O4S.C16H22ClNO4S/c1-19(2)25(22,23)20-14-8-6-13-17(20)18(21)24-15-9-7-12-16-10-4-3-5-11-16;17-23(20,21)18-12-6-4-11-15(18)16(19)22-13-7-5-10-14-8-2-1-3-9-14/h3-5,10-11,17H,6-9,12-15H2,1-2H3;1-3,8-9,15H,4-7,10-13H2/t17-;15-/m00/s1. The lowest BCUT2D eigenvalue weighted by atomic mass is 10.1. The van der Waals surface area contributed by atoms with Crippen LogP contribution in [0.4, 0.5) is 0 Å². The molecule has 2 heterocycles. The van der Waals surface area contributed by atoms with Gasteiger partial charge in [-0.05, 0) is 88.2 Å². The van der Waals surface area contributed by atoms with Gasteiger partial charge in [0.15, 0.2) is 0 Å². The van der Waals surface area contributed by atoms with E-state index in [-0.39, 0.29) is 6.54 Å². The van der Waals surface area contributed by atoms with Gasteiger partial charge in [0.1, 0.15) is 12.1 Å². The van der Waals surface area contributed by atoms with Crippen molar-refractivity contribution in [2.75, 3.05) is 40.4 Å². The second-order valence-electron chi connectivity index (χ2n) is 12.2. The van der Waals surface area contributed by atoms with Gasteiger partial charge in [-0.1, -0.05) is 60.7 Å². The molecule has 0 aliphatic carbocycles. The highest BCUT2D eigenvalue weighted by molar-refractivity contribution is 8.11. The van der Waals surface area contributed by atoms with Gasteiger partial charge in [-0.15, -0.1) is 0 Å². The van der Waals surface area contributed by atoms with E-state index in [2.05, 4.69) is 24.3 Å². The van der Waals surface area contributed by atoms with Crippen molar-refractivity contribution in [3.63, 3.8) is 0 Å². The van der Waals surface area contributed by atoms with Crippen LogP contribution in [0.5, 0.6) is 0 Å². The van der Waals surface area contributed by atoms with Crippen LogP contribution in [0.1, 0.15) is 75.3 Å². The van der Waals surface area contributed by atoms with Crippen molar-refractivity contribution in [3.05, 3.63) is 71.8 Å². The Labute approximate surface area is 291 Å². The Morgan fingerprint density at radius 3 is 1.52 bits per heavy atom. The summed E-state index contributed by atoms with van der Waals surface area (Å²) in [6.45, 7) is 1.28. The molecule has 268 valence electrons. The van der Waals surface area contributed by atoms with Crippen molar-refractivity contribution in [1.82, 2.24) is 12.9 Å². The van der Waals surface area contributed by atoms with Crippen LogP contribution in [0.2, 0.25) is 0 Å². The number of benzene rings is 2. The van der Waals surface area contributed by atoms with Crippen LogP contribution in [0.25, 0.3) is 0 Å². The molecule has 2 aliphatic rings. The third-order valence-electron chi connectivity index (χ3n) is 8.38. The number of carbonyl (C=O) groups excluding carboxylic acids is 2. The van der Waals surface area contributed by atoms with E-state index in [4.69, 9.17) is 20.2 Å². The van der Waals surface area contributed by atoms with Gasteiger partial charge < -0.3 is 9.47 Å². The van der Waals surface area contributed by atoms with E-state index in [1.807, 2.05) is 36.4 Å². The molecule has 14 heteroatoms. The lowest BCUT2D eigenvalue weighted by molar-refractivity contribution is -0.150. The normalized spacial score (nSPS) is 19.2. The number of unbranched alkanes of at least 4 members (excludes halogenated alkanes) is 2. The largest absolute Gasteiger partial charge is 0.464 e. The molecule has 2 saturated heterocycles. The molecule has 0 bridgehead atoms. The van der Waals surface area contributed by atoms with E-state index in [9.17, 15) is 26.4 Å². The first-order chi connectivity index (χ1) is 22.9. The number of ether oxygens (including phenoxy) is 2. The summed E-state index contributed by atoms with van der Waals surface area (Å²) in [4.78, 5) is 24.5. The molecule has 11 nitrogen and oxygen atoms in total. The van der Waals surface area contributed by atoms with Crippen LogP contribution in [0.3, 0.4) is 0 Å². The van der Waals surface area contributed by atoms with Crippen LogP contribution in [0.15, 0.2) is 60.7 Å². The molecule has 0 unspecified atom stereocenters. The highest BCUT2D eigenvalue weighted by Crippen LogP contribution is 2.24. The highest BCUT2D eigenvalue weighted by Gasteiger charge is 2.39. The quantitative estimate of drug-likeness (QED) is 0.141. The van der Waals surface area contributed by atoms with E-state index < -0.39 is 43.5 Å². The third-order valence-corrected chi connectivity index (χ3v) is 11.9. The molecule has 2 aromatic carbocycles. The molecule has 4 rings (SSSR count). The van der Waals surface area contributed by atoms with Crippen LogP contribution in [-0.4, -0.2) is 94.2 Å². The van der Waals surface area contributed by atoms with Crippen LogP contribution >= 0.6 is 10.7 Å². The first kappa shape index (κ1) is 39.9. The van der Waals surface area contributed by atoms with Crippen molar-refractivity contribution < 1.29 is 35.9 Å². The fourth-order valence-corrected chi connectivity index (χ4v) is 8.35. The second kappa shape index (κ2) is 20.2. The molecule has 0 spiro atoms. The topological polar surface area (TPSA) is 131 Å². The first-order valence-electron chi connectivity index (χ1n) is 16.7. The van der Waals surface area contributed by atoms with Crippen molar-refractivity contribution in [2.24, 2.45) is 0 Å². The molecule has 0 saturated carbocycles. The maximum Gasteiger partial charge on any atom is 0.324 e. The summed E-state index contributed by atoms with van der Waals surface area (Å²) in [6.07, 6.45) is 9.37. The number of hydrogen-bond donors (Lipinski definition) is 0. The van der Waals surface area contributed by atoms with E-state index in [1.165, 1.54) is 29.5 Å². The summed E-state index contributed by atoms with van der Waals surface area (Å²) < 4.78 is 61.9. The van der Waals surface area contributed by atoms with Gasteiger partial charge in [-0.2, -0.15) is 29.8 Å². The Morgan fingerprint density at radius 2 is 1.10 bits per heavy atom. The Balaban J connectivity index is 0.000000261. The summed E-state index contributed by atoms with van der Waals surface area (Å²) in [7, 11) is 0.871. The van der Waals surface area contributed by atoms with Crippen LogP contribution in [0, 0.1) is 0 Å². The molecule has 0 aromatic heterocycles. The first-order valence-corrected chi connectivity index (χ1v) is 20.4. The molecular weight excluding hydrogens is 678 g/mol. The SMILES string of the molecule is CN(C)S(=O)(=O)N1CCCC[C@H]1C(=O)OCCCCc1ccccc1.O=C(OCCCCc1ccccc1)[C@@H]1CCCCN1S(=O)(=O)Cl. The summed E-state index contributed by atoms with van der Waals surface area (Å²) in [5.74, 6) is -0.918. The summed E-state index contributed by atoms with van der Waals surface area (Å²) in [6, 6.07) is 18.8. The summed E-state index contributed by atoms with van der Waals surface area (Å²) in [5, 5.41) is 0. The molecule has 2 fully saturated rings. The van der Waals surface area contributed by atoms with Gasteiger partial charge in [-0.3, -0.25) is 9.59 Å². The smallest absolute Gasteiger partial charge is 0.324 e. The summed E-state index contributed by atoms with van der Waals surface area (Å²) >= 11 is 0. The van der Waals surface area contributed by atoms with E-state index in [1.54, 1.807) is 0 Å². The lowest BCUT2D eigenvalue weighted by Crippen LogP contribution is -2.52. The van der Waals surface area contributed by atoms with Gasteiger partial charge in [0.05, 0.1) is 13.2 Å². The van der Waals surface area contributed by atoms with Gasteiger partial charge in [0.2, 0.25) is 0 Å². The minimum Gasteiger partial charge on any atom is -0.464 e. The van der Waals surface area contributed by atoms with Crippen molar-refractivity contribution >= 4 is 42.1 Å². The minimum absolute atomic E-state index is 0.277. The van der Waals surface area contributed by atoms with E-state index in [0.717, 1.165) is 66.4 Å². The number of nitrogens with zero attached hydrogens (tertiary/aromatic N) is 3. The molecule has 2 aromatic rings. The van der Waals surface area contributed by atoms with Gasteiger partial charge in [-0.25, -0.2) is 0 Å². The van der Waals surface area contributed by atoms with Crippen LogP contribution < -0.4 is 0 Å². The number of piperidine rings is 2. The number of hydrogen-bond acceptors (Lipinski definition) is 8. The highest BCUT2D eigenvalue weighted by atomic mass is 35.7.